The number of nitrogens with two attached hydrogens (primary N) is 1. The molecule has 0 radical (unpaired) electrons. The van der Waals surface area contributed by atoms with E-state index in [-0.39, 0.29) is 24.8 Å². The third kappa shape index (κ3) is 6.87. The van der Waals surface area contributed by atoms with Gasteiger partial charge in [0.25, 0.3) is 0 Å². The van der Waals surface area contributed by atoms with Crippen LogP contribution in [0.4, 0.5) is 0 Å². The largest absolute Gasteiger partial charge is 0.330 e. The lowest BCUT2D eigenvalue weighted by molar-refractivity contribution is 0.0993. The van der Waals surface area contributed by atoms with Crippen LogP contribution in [0.15, 0.2) is 0 Å². The van der Waals surface area contributed by atoms with E-state index in [4.69, 9.17) is 5.73 Å². The molecule has 2 nitrogen and oxygen atoms in total. The summed E-state index contributed by atoms with van der Waals surface area (Å²) in [6, 6.07) is 0.758. The van der Waals surface area contributed by atoms with E-state index in [0.29, 0.717) is 10.8 Å². The van der Waals surface area contributed by atoms with Crippen LogP contribution in [0, 0.1) is 58.2 Å². The van der Waals surface area contributed by atoms with Gasteiger partial charge in [0.05, 0.1) is 0 Å². The van der Waals surface area contributed by atoms with E-state index in [1.165, 1.54) is 96.4 Å². The number of rotatable bonds is 12. The summed E-state index contributed by atoms with van der Waals surface area (Å²) in [5.41, 5.74) is 7.02. The fourth-order valence-electron chi connectivity index (χ4n) is 10.8. The smallest absolute Gasteiger partial charge is 0.00672 e. The summed E-state index contributed by atoms with van der Waals surface area (Å²) in [7, 11) is 0. The summed E-state index contributed by atoms with van der Waals surface area (Å²) in [4.78, 5) is 0. The molecule has 5 aliphatic carbocycles. The van der Waals surface area contributed by atoms with E-state index < -0.39 is 0 Å². The minimum atomic E-state index is 0. The van der Waals surface area contributed by atoms with E-state index in [1.54, 1.807) is 12.8 Å². The van der Waals surface area contributed by atoms with Crippen molar-refractivity contribution in [3.63, 3.8) is 0 Å². The Morgan fingerprint density at radius 2 is 1.11 bits per heavy atom. The molecule has 5 saturated carbocycles. The predicted molar refractivity (Wildman–Crippen MR) is 165 cm³/mol. The molecule has 0 spiro atoms. The number of nitrogens with one attached hydrogen (secondary N) is 1. The molecule has 218 valence electrons. The van der Waals surface area contributed by atoms with Gasteiger partial charge in [0, 0.05) is 6.04 Å². The summed E-state index contributed by atoms with van der Waals surface area (Å²) in [5, 5.41) is 4.17. The van der Waals surface area contributed by atoms with Gasteiger partial charge in [-0.25, -0.2) is 0 Å². The van der Waals surface area contributed by atoms with E-state index >= 15 is 0 Å². The van der Waals surface area contributed by atoms with Gasteiger partial charge in [0.15, 0.2) is 0 Å². The molecule has 0 aromatic rings. The molecule has 5 fully saturated rings. The molecule has 6 unspecified atom stereocenters. The summed E-state index contributed by atoms with van der Waals surface area (Å²) in [6.45, 7) is 12.6. The SMILES string of the molecule is CC1(C)C2CCC(C2)C1CCC(CCC1C2CCC(C2)C1(C)C)NCCC1CCC(CCN)CC1.Cl.Cl. The molecule has 0 aromatic carbocycles. The summed E-state index contributed by atoms with van der Waals surface area (Å²) >= 11 is 0. The highest BCUT2D eigenvalue weighted by molar-refractivity contribution is 5.85. The van der Waals surface area contributed by atoms with Crippen LogP contribution in [0.3, 0.4) is 0 Å². The standard InChI is InChI=1S/C33H60N2.2ClH/c1-32(2)27-11-9-25(21-27)30(32)15-13-29(14-16-31-26-10-12-28(22-26)33(31,3)4)35-20-18-24-7-5-23(6-8-24)17-19-34;;/h23-31,35H,5-22,34H2,1-4H3;2*1H. The van der Waals surface area contributed by atoms with Crippen molar-refractivity contribution in [2.45, 2.75) is 136 Å². The lowest BCUT2D eigenvalue weighted by Crippen LogP contribution is -2.37. The van der Waals surface area contributed by atoms with E-state index in [2.05, 4.69) is 33.0 Å². The second-order valence-electron chi connectivity index (χ2n) is 15.5. The van der Waals surface area contributed by atoms with Crippen molar-refractivity contribution in [2.24, 2.45) is 63.9 Å². The first kappa shape index (κ1) is 32.0. The number of hydrogen-bond acceptors (Lipinski definition) is 2. The molecule has 3 N–H and O–H groups in total. The molecule has 0 saturated heterocycles. The lowest BCUT2D eigenvalue weighted by atomic mass is 9.66. The Hall–Kier alpha value is 0.500. The molecule has 6 atom stereocenters. The molecule has 4 heteroatoms. The molecular formula is C33H62Cl2N2. The monoisotopic (exact) mass is 556 g/mol. The van der Waals surface area contributed by atoms with Crippen LogP contribution in [0.1, 0.15) is 130 Å². The topological polar surface area (TPSA) is 38.0 Å². The summed E-state index contributed by atoms with van der Waals surface area (Å²) in [6.07, 6.45) is 23.5. The van der Waals surface area contributed by atoms with Crippen molar-refractivity contribution in [3.05, 3.63) is 0 Å². The molecule has 0 heterocycles. The van der Waals surface area contributed by atoms with Crippen LogP contribution < -0.4 is 11.1 Å². The van der Waals surface area contributed by atoms with Crippen molar-refractivity contribution in [1.29, 1.82) is 0 Å². The second kappa shape index (κ2) is 13.4. The van der Waals surface area contributed by atoms with Crippen LogP contribution >= 0.6 is 24.8 Å². The Morgan fingerprint density at radius 3 is 1.51 bits per heavy atom. The number of hydrogen-bond donors (Lipinski definition) is 2. The molecule has 0 aromatic heterocycles. The Balaban J connectivity index is 0.00000190. The fourth-order valence-corrected chi connectivity index (χ4v) is 10.8. The van der Waals surface area contributed by atoms with Crippen molar-refractivity contribution < 1.29 is 0 Å². The van der Waals surface area contributed by atoms with Crippen LogP contribution in [-0.2, 0) is 0 Å². The van der Waals surface area contributed by atoms with Gasteiger partial charge >= 0.3 is 0 Å². The number of fused-ring (bicyclic) bond motifs is 4. The average molecular weight is 558 g/mol. The Morgan fingerprint density at radius 1 is 0.649 bits per heavy atom. The van der Waals surface area contributed by atoms with Gasteiger partial charge in [-0.15, -0.1) is 24.8 Å². The molecule has 5 rings (SSSR count). The average Bonchev–Trinajstić information content (AvgIpc) is 3.58. The Kier molecular flexibility index (Phi) is 11.6. The van der Waals surface area contributed by atoms with Crippen molar-refractivity contribution in [1.82, 2.24) is 5.32 Å². The second-order valence-corrected chi connectivity index (χ2v) is 15.5. The van der Waals surface area contributed by atoms with E-state index in [1.807, 2.05) is 0 Å². The lowest BCUT2D eigenvalue weighted by Gasteiger charge is -2.40. The highest BCUT2D eigenvalue weighted by Crippen LogP contribution is 2.62. The van der Waals surface area contributed by atoms with Crippen LogP contribution in [0.2, 0.25) is 0 Å². The van der Waals surface area contributed by atoms with E-state index in [0.717, 1.165) is 59.9 Å². The van der Waals surface area contributed by atoms with Crippen LogP contribution in [0.5, 0.6) is 0 Å². The highest BCUT2D eigenvalue weighted by atomic mass is 35.5. The third-order valence-corrected chi connectivity index (χ3v) is 13.3. The summed E-state index contributed by atoms with van der Waals surface area (Å²) < 4.78 is 0. The summed E-state index contributed by atoms with van der Waals surface area (Å²) in [5.74, 6) is 8.00. The zero-order valence-corrected chi connectivity index (χ0v) is 26.5. The maximum absolute atomic E-state index is 5.82. The molecule has 0 aliphatic heterocycles. The quantitative estimate of drug-likeness (QED) is 0.251. The number of halogens is 2. The van der Waals surface area contributed by atoms with Gasteiger partial charge in [-0.1, -0.05) is 53.4 Å². The van der Waals surface area contributed by atoms with Crippen LogP contribution in [-0.4, -0.2) is 19.1 Å². The first-order chi connectivity index (χ1) is 16.8. The van der Waals surface area contributed by atoms with Crippen molar-refractivity contribution in [2.75, 3.05) is 13.1 Å². The third-order valence-electron chi connectivity index (χ3n) is 13.3. The first-order valence-corrected chi connectivity index (χ1v) is 16.2. The Labute approximate surface area is 243 Å². The minimum absolute atomic E-state index is 0. The Bertz CT molecular complexity index is 644. The first-order valence-electron chi connectivity index (χ1n) is 16.2. The van der Waals surface area contributed by atoms with Crippen molar-refractivity contribution >= 4 is 24.8 Å². The van der Waals surface area contributed by atoms with Crippen LogP contribution in [0.25, 0.3) is 0 Å². The minimum Gasteiger partial charge on any atom is -0.330 e. The van der Waals surface area contributed by atoms with Gasteiger partial charge in [-0.3, -0.25) is 0 Å². The van der Waals surface area contributed by atoms with Gasteiger partial charge in [0.2, 0.25) is 0 Å². The highest BCUT2D eigenvalue weighted by Gasteiger charge is 2.53. The predicted octanol–water partition coefficient (Wildman–Crippen LogP) is 9.04. The maximum Gasteiger partial charge on any atom is 0.00672 e. The van der Waals surface area contributed by atoms with E-state index in [9.17, 15) is 0 Å². The molecule has 37 heavy (non-hydrogen) atoms. The fraction of sp³-hybridized carbons (Fsp3) is 1.00. The molecule has 4 bridgehead atoms. The van der Waals surface area contributed by atoms with Crippen molar-refractivity contribution in [3.8, 4) is 0 Å². The molecule has 0 amide bonds. The zero-order valence-electron chi connectivity index (χ0n) is 24.8. The normalized spacial score (nSPS) is 39.8. The zero-order chi connectivity index (χ0) is 24.6. The maximum atomic E-state index is 5.82. The molecular weight excluding hydrogens is 495 g/mol. The van der Waals surface area contributed by atoms with Gasteiger partial charge in [0.1, 0.15) is 0 Å². The van der Waals surface area contributed by atoms with Gasteiger partial charge in [-0.2, -0.15) is 0 Å². The van der Waals surface area contributed by atoms with Gasteiger partial charge in [-0.05, 0) is 148 Å². The molecule has 5 aliphatic rings. The van der Waals surface area contributed by atoms with Gasteiger partial charge < -0.3 is 11.1 Å².